The third kappa shape index (κ3) is 5.35. The number of benzene rings is 2. The van der Waals surface area contributed by atoms with Crippen molar-refractivity contribution in [2.24, 2.45) is 0 Å². The first kappa shape index (κ1) is 24.1. The lowest BCUT2D eigenvalue weighted by Crippen LogP contribution is -2.35. The van der Waals surface area contributed by atoms with Gasteiger partial charge in [-0.05, 0) is 71.9 Å². The number of carbonyl (C=O) groups is 1. The van der Waals surface area contributed by atoms with E-state index in [2.05, 4.69) is 20.9 Å². The summed E-state index contributed by atoms with van der Waals surface area (Å²) in [6.45, 7) is 3.32. The van der Waals surface area contributed by atoms with Crippen molar-refractivity contribution in [2.75, 3.05) is 13.1 Å². The Kier molecular flexibility index (Phi) is 7.41. The van der Waals surface area contributed by atoms with E-state index in [1.165, 1.54) is 10.6 Å². The van der Waals surface area contributed by atoms with Gasteiger partial charge in [0.05, 0.1) is 6.54 Å². The molecule has 0 saturated carbocycles. The van der Waals surface area contributed by atoms with Gasteiger partial charge >= 0.3 is 0 Å². The van der Waals surface area contributed by atoms with E-state index in [1.54, 1.807) is 19.1 Å². The Morgan fingerprint density at radius 1 is 1.09 bits per heavy atom. The number of carbonyl (C=O) groups excluding carboxylic acids is 1. The Labute approximate surface area is 204 Å². The summed E-state index contributed by atoms with van der Waals surface area (Å²) >= 11 is 3.23. The van der Waals surface area contributed by atoms with Gasteiger partial charge in [-0.1, -0.05) is 12.1 Å². The molecule has 4 rings (SSSR count). The summed E-state index contributed by atoms with van der Waals surface area (Å²) in [4.78, 5) is 31.8. The molecule has 2 aromatic carbocycles. The third-order valence-corrected chi connectivity index (χ3v) is 6.52. The Morgan fingerprint density at radius 2 is 1.79 bits per heavy atom. The Hall–Kier alpha value is -3.07. The summed E-state index contributed by atoms with van der Waals surface area (Å²) in [6, 6.07) is 10.4. The SMILES string of the molecule is Cc1nc(OCc2ccc(F)cc2F)c(Br)c(=O)n1Cc1ccc(C(=O)N2CCCCC2)cc1. The highest BCUT2D eigenvalue weighted by Crippen LogP contribution is 2.22. The summed E-state index contributed by atoms with van der Waals surface area (Å²) in [5.74, 6) is -0.935. The molecule has 1 aromatic heterocycles. The van der Waals surface area contributed by atoms with Crippen LogP contribution in [0.4, 0.5) is 8.78 Å². The molecule has 0 atom stereocenters. The fourth-order valence-corrected chi connectivity index (χ4v) is 4.31. The lowest BCUT2D eigenvalue weighted by atomic mass is 10.1. The zero-order chi connectivity index (χ0) is 24.2. The normalized spacial score (nSPS) is 13.7. The molecule has 0 unspecified atom stereocenters. The minimum absolute atomic E-state index is 0.0306. The first-order chi connectivity index (χ1) is 16.3. The van der Waals surface area contributed by atoms with Crippen LogP contribution in [0.1, 0.15) is 46.6 Å². The summed E-state index contributed by atoms with van der Waals surface area (Å²) < 4.78 is 34.1. The van der Waals surface area contributed by atoms with Gasteiger partial charge in [-0.25, -0.2) is 8.78 Å². The van der Waals surface area contributed by atoms with Crippen molar-refractivity contribution in [3.63, 3.8) is 0 Å². The van der Waals surface area contributed by atoms with Crippen molar-refractivity contribution in [3.05, 3.63) is 91.4 Å². The average Bonchev–Trinajstić information content (AvgIpc) is 2.84. The summed E-state index contributed by atoms with van der Waals surface area (Å²) in [6.07, 6.45) is 3.23. The molecule has 1 aliphatic heterocycles. The van der Waals surface area contributed by atoms with Crippen LogP contribution >= 0.6 is 15.9 Å². The zero-order valence-corrected chi connectivity index (χ0v) is 20.3. The van der Waals surface area contributed by atoms with Crippen molar-refractivity contribution in [1.29, 1.82) is 0 Å². The number of hydrogen-bond acceptors (Lipinski definition) is 4. The number of rotatable bonds is 6. The second kappa shape index (κ2) is 10.5. The average molecular weight is 532 g/mol. The summed E-state index contributed by atoms with van der Waals surface area (Å²) in [5, 5.41) is 0. The Bertz CT molecular complexity index is 1260. The predicted molar refractivity (Wildman–Crippen MR) is 127 cm³/mol. The van der Waals surface area contributed by atoms with Crippen LogP contribution in [0, 0.1) is 18.6 Å². The van der Waals surface area contributed by atoms with Gasteiger partial charge in [0.25, 0.3) is 11.5 Å². The Morgan fingerprint density at radius 3 is 2.47 bits per heavy atom. The molecule has 0 N–H and O–H groups in total. The number of likely N-dealkylation sites (tertiary alicyclic amines) is 1. The van der Waals surface area contributed by atoms with Gasteiger partial charge in [0.2, 0.25) is 5.88 Å². The molecule has 0 bridgehead atoms. The van der Waals surface area contributed by atoms with Crippen molar-refractivity contribution in [3.8, 4) is 5.88 Å². The molecule has 9 heteroatoms. The van der Waals surface area contributed by atoms with E-state index >= 15 is 0 Å². The van der Waals surface area contributed by atoms with Crippen LogP contribution in [0.2, 0.25) is 0 Å². The van der Waals surface area contributed by atoms with Crippen molar-refractivity contribution in [1.82, 2.24) is 14.5 Å². The topological polar surface area (TPSA) is 64.4 Å². The number of aryl methyl sites for hydroxylation is 1. The first-order valence-corrected chi connectivity index (χ1v) is 11.8. The number of nitrogens with zero attached hydrogens (tertiary/aromatic N) is 3. The molecule has 0 aliphatic carbocycles. The molecule has 1 saturated heterocycles. The molecule has 1 amide bonds. The molecule has 0 spiro atoms. The summed E-state index contributed by atoms with van der Waals surface area (Å²) in [7, 11) is 0. The highest BCUT2D eigenvalue weighted by Gasteiger charge is 2.19. The maximum atomic E-state index is 13.9. The monoisotopic (exact) mass is 531 g/mol. The predicted octanol–water partition coefficient (Wildman–Crippen LogP) is 4.85. The Balaban J connectivity index is 1.47. The van der Waals surface area contributed by atoms with Crippen molar-refractivity contribution in [2.45, 2.75) is 39.3 Å². The number of hydrogen-bond donors (Lipinski definition) is 0. The maximum Gasteiger partial charge on any atom is 0.272 e. The van der Waals surface area contributed by atoms with Crippen LogP contribution in [-0.2, 0) is 13.2 Å². The number of halogens is 3. The number of aromatic nitrogens is 2. The van der Waals surface area contributed by atoms with Crippen LogP contribution in [0.5, 0.6) is 5.88 Å². The molecule has 34 heavy (non-hydrogen) atoms. The van der Waals surface area contributed by atoms with E-state index in [0.717, 1.165) is 50.0 Å². The number of ether oxygens (including phenoxy) is 1. The second-order valence-electron chi connectivity index (χ2n) is 8.24. The van der Waals surface area contributed by atoms with Gasteiger partial charge in [-0.3, -0.25) is 14.2 Å². The highest BCUT2D eigenvalue weighted by molar-refractivity contribution is 9.10. The van der Waals surface area contributed by atoms with Gasteiger partial charge < -0.3 is 9.64 Å². The van der Waals surface area contributed by atoms with E-state index in [0.29, 0.717) is 11.4 Å². The van der Waals surface area contributed by atoms with Gasteiger partial charge in [0.15, 0.2) is 0 Å². The molecule has 1 fully saturated rings. The lowest BCUT2D eigenvalue weighted by Gasteiger charge is -2.26. The van der Waals surface area contributed by atoms with Crippen molar-refractivity contribution < 1.29 is 18.3 Å². The molecule has 3 aromatic rings. The minimum atomic E-state index is -0.733. The smallest absolute Gasteiger partial charge is 0.272 e. The second-order valence-corrected chi connectivity index (χ2v) is 9.04. The third-order valence-electron chi connectivity index (χ3n) is 5.84. The fraction of sp³-hybridized carbons (Fsp3) is 0.320. The van der Waals surface area contributed by atoms with Gasteiger partial charge in [-0.15, -0.1) is 0 Å². The molecule has 2 heterocycles. The van der Waals surface area contributed by atoms with Crippen LogP contribution in [0.3, 0.4) is 0 Å². The van der Waals surface area contributed by atoms with Crippen LogP contribution in [0.15, 0.2) is 51.7 Å². The van der Waals surface area contributed by atoms with E-state index in [4.69, 9.17) is 4.74 Å². The van der Waals surface area contributed by atoms with Gasteiger partial charge in [-0.2, -0.15) is 4.98 Å². The van der Waals surface area contributed by atoms with E-state index in [-0.39, 0.29) is 40.5 Å². The quantitative estimate of drug-likeness (QED) is 0.456. The highest BCUT2D eigenvalue weighted by atomic mass is 79.9. The largest absolute Gasteiger partial charge is 0.472 e. The van der Waals surface area contributed by atoms with Crippen LogP contribution < -0.4 is 10.3 Å². The number of amides is 1. The first-order valence-electron chi connectivity index (χ1n) is 11.1. The molecule has 6 nitrogen and oxygen atoms in total. The van der Waals surface area contributed by atoms with E-state index < -0.39 is 11.6 Å². The minimum Gasteiger partial charge on any atom is -0.472 e. The fourth-order valence-electron chi connectivity index (χ4n) is 3.89. The van der Waals surface area contributed by atoms with Crippen molar-refractivity contribution >= 4 is 21.8 Å². The van der Waals surface area contributed by atoms with Gasteiger partial charge in [0, 0.05) is 30.3 Å². The van der Waals surface area contributed by atoms with E-state index in [9.17, 15) is 18.4 Å². The summed E-state index contributed by atoms with van der Waals surface area (Å²) in [5.41, 5.74) is 1.27. The zero-order valence-electron chi connectivity index (χ0n) is 18.7. The van der Waals surface area contributed by atoms with Gasteiger partial charge in [0.1, 0.15) is 28.5 Å². The van der Waals surface area contributed by atoms with Crippen LogP contribution in [0.25, 0.3) is 0 Å². The molecule has 178 valence electrons. The molecular weight excluding hydrogens is 508 g/mol. The van der Waals surface area contributed by atoms with Crippen LogP contribution in [-0.4, -0.2) is 33.4 Å². The molecular formula is C25H24BrF2N3O3. The molecule has 1 aliphatic rings. The standard InChI is InChI=1S/C25H24BrF2N3O3/c1-16-29-23(34-15-19-9-10-20(27)13-21(19)28)22(26)25(33)31(16)14-17-5-7-18(8-6-17)24(32)30-11-3-2-4-12-30/h5-10,13H,2-4,11-12,14-15H2,1H3. The van der Waals surface area contributed by atoms with E-state index in [1.807, 2.05) is 17.0 Å². The molecule has 0 radical (unpaired) electrons. The maximum absolute atomic E-state index is 13.9. The number of piperidine rings is 1. The lowest BCUT2D eigenvalue weighted by molar-refractivity contribution is 0.0724.